The van der Waals surface area contributed by atoms with Crippen molar-refractivity contribution in [1.29, 1.82) is 5.26 Å². The van der Waals surface area contributed by atoms with Crippen LogP contribution in [0.4, 0.5) is 0 Å². The van der Waals surface area contributed by atoms with Crippen LogP contribution in [0.2, 0.25) is 0 Å². The van der Waals surface area contributed by atoms with Crippen LogP contribution in [-0.4, -0.2) is 14.8 Å². The van der Waals surface area contributed by atoms with Crippen molar-refractivity contribution in [1.82, 2.24) is 14.8 Å². The Bertz CT molecular complexity index is 505. The maximum absolute atomic E-state index is 8.60. The molecule has 0 amide bonds. The van der Waals surface area contributed by atoms with Gasteiger partial charge in [-0.15, -0.1) is 5.10 Å². The average Bonchev–Trinajstić information content (AvgIpc) is 2.78. The number of rotatable bonds is 3. The molecular weight excluding hydrogens is 200 g/mol. The van der Waals surface area contributed by atoms with E-state index in [1.807, 2.05) is 6.07 Å². The molecule has 0 bridgehead atoms. The molecule has 0 spiro atoms. The van der Waals surface area contributed by atoms with Gasteiger partial charge in [0.2, 0.25) is 0 Å². The maximum Gasteiger partial charge on any atom is 0.252 e. The van der Waals surface area contributed by atoms with Gasteiger partial charge < -0.3 is 0 Å². The molecule has 4 heteroatoms. The van der Waals surface area contributed by atoms with Gasteiger partial charge in [-0.25, -0.2) is 9.67 Å². The van der Waals surface area contributed by atoms with E-state index in [2.05, 4.69) is 41.3 Å². The molecule has 4 nitrogen and oxygen atoms in total. The molecule has 2 aromatic rings. The van der Waals surface area contributed by atoms with Crippen molar-refractivity contribution in [3.05, 3.63) is 47.5 Å². The Hall–Kier alpha value is -2.15. The van der Waals surface area contributed by atoms with E-state index in [-0.39, 0.29) is 5.82 Å². The van der Waals surface area contributed by atoms with Crippen LogP contribution in [0, 0.1) is 11.3 Å². The molecular formula is C12H12N4. The molecule has 1 heterocycles. The van der Waals surface area contributed by atoms with Gasteiger partial charge in [-0.3, -0.25) is 0 Å². The lowest BCUT2D eigenvalue weighted by molar-refractivity contribution is 0.682. The highest BCUT2D eigenvalue weighted by Crippen LogP contribution is 2.06. The van der Waals surface area contributed by atoms with Gasteiger partial charge in [-0.05, 0) is 17.5 Å². The monoisotopic (exact) mass is 212 g/mol. The zero-order valence-corrected chi connectivity index (χ0v) is 9.09. The van der Waals surface area contributed by atoms with E-state index in [1.165, 1.54) is 5.56 Å². The Balaban J connectivity index is 2.11. The van der Waals surface area contributed by atoms with Gasteiger partial charge >= 0.3 is 0 Å². The van der Waals surface area contributed by atoms with Crippen LogP contribution >= 0.6 is 0 Å². The summed E-state index contributed by atoms with van der Waals surface area (Å²) in [7, 11) is 0. The summed E-state index contributed by atoms with van der Waals surface area (Å²) < 4.78 is 1.67. The van der Waals surface area contributed by atoms with Crippen LogP contribution in [0.3, 0.4) is 0 Å². The summed E-state index contributed by atoms with van der Waals surface area (Å²) in [5, 5.41) is 12.6. The van der Waals surface area contributed by atoms with Gasteiger partial charge in [0.05, 0.1) is 6.54 Å². The molecule has 0 fully saturated rings. The summed E-state index contributed by atoms with van der Waals surface area (Å²) in [4.78, 5) is 3.86. The van der Waals surface area contributed by atoms with Crippen molar-refractivity contribution >= 4 is 0 Å². The molecule has 16 heavy (non-hydrogen) atoms. The second-order valence-electron chi connectivity index (χ2n) is 3.55. The summed E-state index contributed by atoms with van der Waals surface area (Å²) in [6.45, 7) is 2.78. The first-order valence-electron chi connectivity index (χ1n) is 5.19. The molecule has 0 aliphatic heterocycles. The van der Waals surface area contributed by atoms with Crippen molar-refractivity contribution in [2.75, 3.05) is 0 Å². The fraction of sp³-hybridized carbons (Fsp3) is 0.250. The first-order valence-corrected chi connectivity index (χ1v) is 5.19. The van der Waals surface area contributed by atoms with Crippen LogP contribution in [0.1, 0.15) is 23.9 Å². The van der Waals surface area contributed by atoms with Gasteiger partial charge in [0, 0.05) is 0 Å². The normalized spacial score (nSPS) is 10.0. The third-order valence-corrected chi connectivity index (χ3v) is 2.41. The molecule has 0 radical (unpaired) electrons. The topological polar surface area (TPSA) is 54.5 Å². The van der Waals surface area contributed by atoms with Crippen LogP contribution in [0.5, 0.6) is 0 Å². The molecule has 0 unspecified atom stereocenters. The van der Waals surface area contributed by atoms with Crippen molar-refractivity contribution in [3.63, 3.8) is 0 Å². The standard InChI is InChI=1S/C12H12N4/c1-2-10-3-5-11(6-4-10)8-16-9-14-12(7-13)15-16/h3-6,9H,2,8H2,1H3. The van der Waals surface area contributed by atoms with E-state index in [0.29, 0.717) is 6.54 Å². The highest BCUT2D eigenvalue weighted by Gasteiger charge is 2.00. The predicted molar refractivity (Wildman–Crippen MR) is 59.7 cm³/mol. The van der Waals surface area contributed by atoms with E-state index in [1.54, 1.807) is 11.0 Å². The smallest absolute Gasteiger partial charge is 0.247 e. The summed E-state index contributed by atoms with van der Waals surface area (Å²) in [6, 6.07) is 10.3. The van der Waals surface area contributed by atoms with E-state index >= 15 is 0 Å². The van der Waals surface area contributed by atoms with Gasteiger partial charge in [0.1, 0.15) is 12.4 Å². The molecule has 1 aromatic carbocycles. The number of benzene rings is 1. The zero-order chi connectivity index (χ0) is 11.4. The number of aryl methyl sites for hydroxylation is 1. The summed E-state index contributed by atoms with van der Waals surface area (Å²) in [6.07, 6.45) is 2.62. The van der Waals surface area contributed by atoms with Crippen LogP contribution in [-0.2, 0) is 13.0 Å². The Labute approximate surface area is 94.2 Å². The summed E-state index contributed by atoms with van der Waals surface area (Å²) in [5.41, 5.74) is 2.48. The van der Waals surface area contributed by atoms with Crippen LogP contribution < -0.4 is 0 Å². The lowest BCUT2D eigenvalue weighted by Crippen LogP contribution is -2.00. The van der Waals surface area contributed by atoms with E-state index in [0.717, 1.165) is 12.0 Å². The van der Waals surface area contributed by atoms with Crippen molar-refractivity contribution in [2.45, 2.75) is 19.9 Å². The van der Waals surface area contributed by atoms with E-state index in [9.17, 15) is 0 Å². The van der Waals surface area contributed by atoms with Crippen LogP contribution in [0.25, 0.3) is 0 Å². The largest absolute Gasteiger partial charge is 0.252 e. The first kappa shape index (κ1) is 10.4. The summed E-state index contributed by atoms with van der Waals surface area (Å²) in [5.74, 6) is 0.213. The van der Waals surface area contributed by atoms with E-state index in [4.69, 9.17) is 5.26 Å². The second-order valence-corrected chi connectivity index (χ2v) is 3.55. The SMILES string of the molecule is CCc1ccc(Cn2cnc(C#N)n2)cc1. The molecule has 0 saturated carbocycles. The summed E-state index contributed by atoms with van der Waals surface area (Å²) >= 11 is 0. The average molecular weight is 212 g/mol. The van der Waals surface area contributed by atoms with Crippen molar-refractivity contribution in [2.24, 2.45) is 0 Å². The number of aromatic nitrogens is 3. The van der Waals surface area contributed by atoms with Gasteiger partial charge in [-0.1, -0.05) is 31.2 Å². The van der Waals surface area contributed by atoms with E-state index < -0.39 is 0 Å². The fourth-order valence-electron chi connectivity index (χ4n) is 1.49. The Morgan fingerprint density at radius 2 is 1.94 bits per heavy atom. The minimum atomic E-state index is 0.213. The molecule has 2 rings (SSSR count). The van der Waals surface area contributed by atoms with Gasteiger partial charge in [-0.2, -0.15) is 5.26 Å². The Morgan fingerprint density at radius 1 is 1.25 bits per heavy atom. The lowest BCUT2D eigenvalue weighted by Gasteiger charge is -2.02. The number of nitrogens with zero attached hydrogens (tertiary/aromatic N) is 4. The minimum Gasteiger partial charge on any atom is -0.247 e. The quantitative estimate of drug-likeness (QED) is 0.779. The Kier molecular flexibility index (Phi) is 2.97. The second kappa shape index (κ2) is 4.58. The van der Waals surface area contributed by atoms with Gasteiger partial charge in [0.15, 0.2) is 0 Å². The molecule has 0 atom stereocenters. The maximum atomic E-state index is 8.60. The molecule has 0 aliphatic carbocycles. The number of hydrogen-bond donors (Lipinski definition) is 0. The first-order chi connectivity index (χ1) is 7.81. The highest BCUT2D eigenvalue weighted by atomic mass is 15.3. The number of nitriles is 1. The zero-order valence-electron chi connectivity index (χ0n) is 9.09. The Morgan fingerprint density at radius 3 is 2.50 bits per heavy atom. The molecule has 0 aliphatic rings. The predicted octanol–water partition coefficient (Wildman–Crippen LogP) is 1.76. The number of hydrogen-bond acceptors (Lipinski definition) is 3. The van der Waals surface area contributed by atoms with Crippen molar-refractivity contribution < 1.29 is 0 Å². The molecule has 0 N–H and O–H groups in total. The highest BCUT2D eigenvalue weighted by molar-refractivity contribution is 5.22. The third-order valence-electron chi connectivity index (χ3n) is 2.41. The minimum absolute atomic E-state index is 0.213. The molecule has 80 valence electrons. The van der Waals surface area contributed by atoms with Crippen molar-refractivity contribution in [3.8, 4) is 6.07 Å². The van der Waals surface area contributed by atoms with Gasteiger partial charge in [0.25, 0.3) is 5.82 Å². The third kappa shape index (κ3) is 2.26. The fourth-order valence-corrected chi connectivity index (χ4v) is 1.49. The molecule has 1 aromatic heterocycles. The van der Waals surface area contributed by atoms with Crippen LogP contribution in [0.15, 0.2) is 30.6 Å². The lowest BCUT2D eigenvalue weighted by atomic mass is 10.1. The molecule has 0 saturated heterocycles.